The molecular weight excluding hydrogens is 360 g/mol. The smallest absolute Gasteiger partial charge is 0.255 e. The zero-order valence-electron chi connectivity index (χ0n) is 15.8. The molecule has 1 saturated heterocycles. The van der Waals surface area contributed by atoms with E-state index in [0.29, 0.717) is 30.3 Å². The SMILES string of the molecule is CC(C)c1ccc(C(=O)Nc2cccc(S(=O)(=O)N3CCCCC3)c2)cc1. The second kappa shape index (κ2) is 8.23. The highest BCUT2D eigenvalue weighted by molar-refractivity contribution is 7.89. The van der Waals surface area contributed by atoms with Crippen LogP contribution in [0.3, 0.4) is 0 Å². The van der Waals surface area contributed by atoms with Crippen molar-refractivity contribution in [2.24, 2.45) is 0 Å². The predicted octanol–water partition coefficient (Wildman–Crippen LogP) is 4.24. The average molecular weight is 387 g/mol. The summed E-state index contributed by atoms with van der Waals surface area (Å²) < 4.78 is 27.1. The fraction of sp³-hybridized carbons (Fsp3) is 0.381. The van der Waals surface area contributed by atoms with E-state index in [-0.39, 0.29) is 10.8 Å². The van der Waals surface area contributed by atoms with Crippen LogP contribution in [0, 0.1) is 0 Å². The van der Waals surface area contributed by atoms with Gasteiger partial charge in [-0.05, 0) is 54.7 Å². The summed E-state index contributed by atoms with van der Waals surface area (Å²) in [6, 6.07) is 13.9. The van der Waals surface area contributed by atoms with Crippen molar-refractivity contribution in [3.05, 3.63) is 59.7 Å². The molecule has 0 saturated carbocycles. The molecule has 0 atom stereocenters. The molecule has 0 aromatic heterocycles. The maximum Gasteiger partial charge on any atom is 0.255 e. The van der Waals surface area contributed by atoms with E-state index in [1.807, 2.05) is 12.1 Å². The summed E-state index contributed by atoms with van der Waals surface area (Å²) in [5.41, 5.74) is 2.19. The lowest BCUT2D eigenvalue weighted by Gasteiger charge is -2.26. The molecule has 2 aromatic rings. The molecule has 1 N–H and O–H groups in total. The molecule has 6 heteroatoms. The fourth-order valence-corrected chi connectivity index (χ4v) is 4.77. The Kier molecular flexibility index (Phi) is 5.97. The molecule has 1 heterocycles. The van der Waals surface area contributed by atoms with E-state index in [2.05, 4.69) is 19.2 Å². The summed E-state index contributed by atoms with van der Waals surface area (Å²) >= 11 is 0. The number of piperidine rings is 1. The molecule has 0 aliphatic carbocycles. The number of nitrogens with zero attached hydrogens (tertiary/aromatic N) is 1. The van der Waals surface area contributed by atoms with Crippen LogP contribution in [0.4, 0.5) is 5.69 Å². The van der Waals surface area contributed by atoms with Gasteiger partial charge in [0.25, 0.3) is 5.91 Å². The number of carbonyl (C=O) groups is 1. The molecule has 1 aliphatic rings. The largest absolute Gasteiger partial charge is 0.322 e. The van der Waals surface area contributed by atoms with Crippen LogP contribution in [-0.2, 0) is 10.0 Å². The summed E-state index contributed by atoms with van der Waals surface area (Å²) in [6.45, 7) is 5.31. The highest BCUT2D eigenvalue weighted by Gasteiger charge is 2.26. The predicted molar refractivity (Wildman–Crippen MR) is 108 cm³/mol. The van der Waals surface area contributed by atoms with Gasteiger partial charge in [-0.25, -0.2) is 8.42 Å². The number of sulfonamides is 1. The van der Waals surface area contributed by atoms with Gasteiger partial charge >= 0.3 is 0 Å². The van der Waals surface area contributed by atoms with Crippen LogP contribution in [0.2, 0.25) is 0 Å². The van der Waals surface area contributed by atoms with Crippen molar-refractivity contribution in [3.8, 4) is 0 Å². The Labute approximate surface area is 161 Å². The number of benzene rings is 2. The molecule has 144 valence electrons. The van der Waals surface area contributed by atoms with Gasteiger partial charge in [-0.3, -0.25) is 4.79 Å². The van der Waals surface area contributed by atoms with Crippen LogP contribution in [-0.4, -0.2) is 31.7 Å². The Balaban J connectivity index is 1.76. The second-order valence-corrected chi connectivity index (χ2v) is 9.16. The van der Waals surface area contributed by atoms with Gasteiger partial charge in [0.1, 0.15) is 0 Å². The second-order valence-electron chi connectivity index (χ2n) is 7.22. The molecule has 27 heavy (non-hydrogen) atoms. The molecule has 0 radical (unpaired) electrons. The molecule has 0 unspecified atom stereocenters. The lowest BCUT2D eigenvalue weighted by atomic mass is 10.0. The quantitative estimate of drug-likeness (QED) is 0.836. The van der Waals surface area contributed by atoms with E-state index in [1.54, 1.807) is 30.3 Å². The number of nitrogens with one attached hydrogen (secondary N) is 1. The van der Waals surface area contributed by atoms with E-state index in [9.17, 15) is 13.2 Å². The maximum absolute atomic E-state index is 12.8. The Morgan fingerprint density at radius 2 is 1.67 bits per heavy atom. The van der Waals surface area contributed by atoms with Gasteiger partial charge in [-0.2, -0.15) is 4.31 Å². The third-order valence-electron chi connectivity index (χ3n) is 4.88. The van der Waals surface area contributed by atoms with Gasteiger partial charge in [0.15, 0.2) is 0 Å². The van der Waals surface area contributed by atoms with Gasteiger partial charge in [-0.15, -0.1) is 0 Å². The van der Waals surface area contributed by atoms with Gasteiger partial charge < -0.3 is 5.32 Å². The Morgan fingerprint density at radius 1 is 1.00 bits per heavy atom. The number of hydrogen-bond acceptors (Lipinski definition) is 3. The van der Waals surface area contributed by atoms with Crippen LogP contribution in [0.15, 0.2) is 53.4 Å². The van der Waals surface area contributed by atoms with Crippen LogP contribution in [0.25, 0.3) is 0 Å². The van der Waals surface area contributed by atoms with Crippen molar-refractivity contribution in [1.29, 1.82) is 0 Å². The highest BCUT2D eigenvalue weighted by atomic mass is 32.2. The van der Waals surface area contributed by atoms with E-state index in [4.69, 9.17) is 0 Å². The maximum atomic E-state index is 12.8. The van der Waals surface area contributed by atoms with Crippen LogP contribution in [0.5, 0.6) is 0 Å². The van der Waals surface area contributed by atoms with Crippen LogP contribution in [0.1, 0.15) is 54.9 Å². The van der Waals surface area contributed by atoms with Gasteiger partial charge in [-0.1, -0.05) is 38.5 Å². The lowest BCUT2D eigenvalue weighted by Crippen LogP contribution is -2.35. The first-order chi connectivity index (χ1) is 12.9. The molecule has 1 aliphatic heterocycles. The van der Waals surface area contributed by atoms with Crippen molar-refractivity contribution < 1.29 is 13.2 Å². The molecule has 0 bridgehead atoms. The Morgan fingerprint density at radius 3 is 2.30 bits per heavy atom. The number of rotatable bonds is 5. The standard InChI is InChI=1S/C21H26N2O3S/c1-16(2)17-9-11-18(12-10-17)21(24)22-19-7-6-8-20(15-19)27(25,26)23-13-4-3-5-14-23/h6-12,15-16H,3-5,13-14H2,1-2H3,(H,22,24). The summed E-state index contributed by atoms with van der Waals surface area (Å²) in [5.74, 6) is 0.150. The minimum atomic E-state index is -3.52. The molecule has 5 nitrogen and oxygen atoms in total. The number of anilines is 1. The zero-order valence-corrected chi connectivity index (χ0v) is 16.6. The van der Waals surface area contributed by atoms with Crippen molar-refractivity contribution in [1.82, 2.24) is 4.31 Å². The van der Waals surface area contributed by atoms with Crippen LogP contribution < -0.4 is 5.32 Å². The van der Waals surface area contributed by atoms with Gasteiger partial charge in [0, 0.05) is 24.3 Å². The minimum absolute atomic E-state index is 0.220. The zero-order chi connectivity index (χ0) is 19.4. The molecule has 0 spiro atoms. The summed E-state index contributed by atoms with van der Waals surface area (Å²) in [4.78, 5) is 12.7. The van der Waals surface area contributed by atoms with E-state index >= 15 is 0 Å². The normalized spacial score (nSPS) is 15.7. The first-order valence-electron chi connectivity index (χ1n) is 9.39. The lowest BCUT2D eigenvalue weighted by molar-refractivity contribution is 0.102. The van der Waals surface area contributed by atoms with E-state index in [0.717, 1.165) is 19.3 Å². The topological polar surface area (TPSA) is 66.5 Å². The van der Waals surface area contributed by atoms with Gasteiger partial charge in [0.2, 0.25) is 10.0 Å². The van der Waals surface area contributed by atoms with Crippen molar-refractivity contribution in [2.75, 3.05) is 18.4 Å². The first-order valence-corrected chi connectivity index (χ1v) is 10.8. The van der Waals surface area contributed by atoms with Crippen molar-refractivity contribution >= 4 is 21.6 Å². The number of hydrogen-bond donors (Lipinski definition) is 1. The van der Waals surface area contributed by atoms with Crippen LogP contribution >= 0.6 is 0 Å². The average Bonchev–Trinajstić information content (AvgIpc) is 2.69. The number of amides is 1. The summed E-state index contributed by atoms with van der Waals surface area (Å²) in [6.07, 6.45) is 2.85. The monoisotopic (exact) mass is 386 g/mol. The third kappa shape index (κ3) is 4.57. The molecule has 1 amide bonds. The fourth-order valence-electron chi connectivity index (χ4n) is 3.21. The van der Waals surface area contributed by atoms with E-state index in [1.165, 1.54) is 15.9 Å². The molecule has 2 aromatic carbocycles. The van der Waals surface area contributed by atoms with Crippen molar-refractivity contribution in [3.63, 3.8) is 0 Å². The molecule has 1 fully saturated rings. The molecular formula is C21H26N2O3S. The minimum Gasteiger partial charge on any atom is -0.322 e. The Hall–Kier alpha value is -2.18. The third-order valence-corrected chi connectivity index (χ3v) is 6.78. The highest BCUT2D eigenvalue weighted by Crippen LogP contribution is 2.23. The van der Waals surface area contributed by atoms with E-state index < -0.39 is 10.0 Å². The number of carbonyl (C=O) groups excluding carboxylic acids is 1. The van der Waals surface area contributed by atoms with Gasteiger partial charge in [0.05, 0.1) is 4.90 Å². The molecule has 3 rings (SSSR count). The Bertz CT molecular complexity index is 899. The summed E-state index contributed by atoms with van der Waals surface area (Å²) in [7, 11) is -3.52. The van der Waals surface area contributed by atoms with Crippen molar-refractivity contribution in [2.45, 2.75) is 43.9 Å². The summed E-state index contributed by atoms with van der Waals surface area (Å²) in [5, 5.41) is 2.80. The first kappa shape index (κ1) is 19.6.